The van der Waals surface area contributed by atoms with Crippen molar-refractivity contribution in [2.24, 2.45) is 0 Å². The normalized spacial score (nSPS) is 10.7. The third-order valence-electron chi connectivity index (χ3n) is 3.71. The maximum atomic E-state index is 6.24. The molecular weight excluding hydrogens is 344 g/mol. The first-order valence-electron chi connectivity index (χ1n) is 7.84. The second-order valence-corrected chi connectivity index (χ2v) is 6.34. The van der Waals surface area contributed by atoms with Crippen molar-refractivity contribution < 1.29 is 4.74 Å². The summed E-state index contributed by atoms with van der Waals surface area (Å²) >= 11 is 11.6. The molecule has 0 spiro atoms. The number of ether oxygens (including phenoxy) is 1. The molecule has 0 saturated carbocycles. The topological polar surface area (TPSA) is 51.1 Å². The van der Waals surface area contributed by atoms with E-state index in [0.717, 1.165) is 40.6 Å². The number of rotatable bonds is 7. The highest BCUT2D eigenvalue weighted by molar-refractivity contribution is 7.80. The standard InChI is InChI=1S/C17H23ClN4OS/c1-12-16(20-17(24)19-9-6-10-23-3)13(2)22(21-12)11-14-7-4-5-8-15(14)18/h4-5,7-8H,6,9-11H2,1-3H3,(H2,19,20,24). The van der Waals surface area contributed by atoms with Crippen molar-refractivity contribution in [1.82, 2.24) is 15.1 Å². The van der Waals surface area contributed by atoms with Gasteiger partial charge in [-0.3, -0.25) is 4.68 Å². The van der Waals surface area contributed by atoms with Gasteiger partial charge in [0.15, 0.2) is 5.11 Å². The average molecular weight is 367 g/mol. The lowest BCUT2D eigenvalue weighted by molar-refractivity contribution is 0.196. The molecule has 1 heterocycles. The predicted octanol–water partition coefficient (Wildman–Crippen LogP) is 3.52. The Kier molecular flexibility index (Phi) is 7.02. The Hall–Kier alpha value is -1.63. The Morgan fingerprint density at radius 2 is 2.08 bits per heavy atom. The molecule has 0 saturated heterocycles. The number of halogens is 1. The van der Waals surface area contributed by atoms with Crippen molar-refractivity contribution in [1.29, 1.82) is 0 Å². The van der Waals surface area contributed by atoms with Crippen molar-refractivity contribution in [2.45, 2.75) is 26.8 Å². The summed E-state index contributed by atoms with van der Waals surface area (Å²) in [7, 11) is 1.69. The van der Waals surface area contributed by atoms with Gasteiger partial charge in [-0.1, -0.05) is 29.8 Å². The highest BCUT2D eigenvalue weighted by atomic mass is 35.5. The van der Waals surface area contributed by atoms with Gasteiger partial charge < -0.3 is 15.4 Å². The highest BCUT2D eigenvalue weighted by Crippen LogP contribution is 2.22. The van der Waals surface area contributed by atoms with Gasteiger partial charge in [0.2, 0.25) is 0 Å². The first kappa shape index (κ1) is 18.7. The second kappa shape index (κ2) is 9.01. The lowest BCUT2D eigenvalue weighted by Gasteiger charge is -2.11. The maximum absolute atomic E-state index is 6.24. The fraction of sp³-hybridized carbons (Fsp3) is 0.412. The number of nitrogens with one attached hydrogen (secondary N) is 2. The Balaban J connectivity index is 2.03. The number of hydrogen-bond acceptors (Lipinski definition) is 3. The van der Waals surface area contributed by atoms with Crippen LogP contribution in [0.1, 0.15) is 23.4 Å². The lowest BCUT2D eigenvalue weighted by Crippen LogP contribution is -2.30. The maximum Gasteiger partial charge on any atom is 0.170 e. The number of aryl methyl sites for hydroxylation is 1. The summed E-state index contributed by atoms with van der Waals surface area (Å²) < 4.78 is 6.96. The van der Waals surface area contributed by atoms with Crippen LogP contribution in [-0.4, -0.2) is 35.2 Å². The molecule has 2 rings (SSSR count). The number of hydrogen-bond donors (Lipinski definition) is 2. The monoisotopic (exact) mass is 366 g/mol. The Labute approximate surface area is 153 Å². The summed E-state index contributed by atoms with van der Waals surface area (Å²) in [5.41, 5.74) is 3.90. The lowest BCUT2D eigenvalue weighted by atomic mass is 10.2. The zero-order valence-electron chi connectivity index (χ0n) is 14.2. The number of aromatic nitrogens is 2. The van der Waals surface area contributed by atoms with Crippen molar-refractivity contribution in [3.63, 3.8) is 0 Å². The van der Waals surface area contributed by atoms with Crippen molar-refractivity contribution >= 4 is 34.6 Å². The van der Waals surface area contributed by atoms with E-state index in [-0.39, 0.29) is 0 Å². The number of methoxy groups -OCH3 is 1. The minimum absolute atomic E-state index is 0.592. The van der Waals surface area contributed by atoms with E-state index in [2.05, 4.69) is 15.7 Å². The van der Waals surface area contributed by atoms with Crippen LogP contribution in [0.4, 0.5) is 5.69 Å². The van der Waals surface area contributed by atoms with Crippen molar-refractivity contribution in [3.05, 3.63) is 46.2 Å². The second-order valence-electron chi connectivity index (χ2n) is 5.52. The first-order chi connectivity index (χ1) is 11.5. The van der Waals surface area contributed by atoms with Gasteiger partial charge in [-0.15, -0.1) is 0 Å². The highest BCUT2D eigenvalue weighted by Gasteiger charge is 2.13. The molecule has 0 radical (unpaired) electrons. The fourth-order valence-electron chi connectivity index (χ4n) is 2.40. The van der Waals surface area contributed by atoms with E-state index in [4.69, 9.17) is 28.6 Å². The first-order valence-corrected chi connectivity index (χ1v) is 8.62. The molecule has 0 bridgehead atoms. The molecule has 24 heavy (non-hydrogen) atoms. The smallest absolute Gasteiger partial charge is 0.170 e. The van der Waals surface area contributed by atoms with Gasteiger partial charge in [-0.2, -0.15) is 5.10 Å². The van der Waals surface area contributed by atoms with Crippen LogP contribution in [0.25, 0.3) is 0 Å². The number of nitrogens with zero attached hydrogens (tertiary/aromatic N) is 2. The molecule has 0 aliphatic carbocycles. The van der Waals surface area contributed by atoms with E-state index in [1.165, 1.54) is 0 Å². The average Bonchev–Trinajstić information content (AvgIpc) is 2.81. The van der Waals surface area contributed by atoms with Gasteiger partial charge in [0.25, 0.3) is 0 Å². The molecule has 1 aromatic heterocycles. The van der Waals surface area contributed by atoms with Gasteiger partial charge >= 0.3 is 0 Å². The molecule has 130 valence electrons. The third kappa shape index (κ3) is 4.93. The van der Waals surface area contributed by atoms with E-state index < -0.39 is 0 Å². The van der Waals surface area contributed by atoms with Crippen LogP contribution in [0.5, 0.6) is 0 Å². The molecule has 0 amide bonds. The molecule has 2 N–H and O–H groups in total. The van der Waals surface area contributed by atoms with Gasteiger partial charge in [0.1, 0.15) is 0 Å². The molecule has 0 unspecified atom stereocenters. The van der Waals surface area contributed by atoms with E-state index >= 15 is 0 Å². The molecule has 5 nitrogen and oxygen atoms in total. The molecule has 0 aliphatic rings. The molecule has 7 heteroatoms. The van der Waals surface area contributed by atoms with Crippen molar-refractivity contribution in [3.8, 4) is 0 Å². The zero-order chi connectivity index (χ0) is 17.5. The fourth-order valence-corrected chi connectivity index (χ4v) is 2.80. The van der Waals surface area contributed by atoms with Gasteiger partial charge in [-0.05, 0) is 44.1 Å². The number of thiocarbonyl (C=S) groups is 1. The Morgan fingerprint density at radius 3 is 2.79 bits per heavy atom. The molecule has 0 fully saturated rings. The van der Waals surface area contributed by atoms with Crippen LogP contribution < -0.4 is 10.6 Å². The summed E-state index contributed by atoms with van der Waals surface area (Å²) in [6.07, 6.45) is 0.905. The largest absolute Gasteiger partial charge is 0.385 e. The van der Waals surface area contributed by atoms with E-state index in [9.17, 15) is 0 Å². The van der Waals surface area contributed by atoms with Crippen LogP contribution in [0.3, 0.4) is 0 Å². The van der Waals surface area contributed by atoms with Gasteiger partial charge in [0.05, 0.1) is 23.6 Å². The number of anilines is 1. The molecule has 0 atom stereocenters. The summed E-state index contributed by atoms with van der Waals surface area (Å²) in [5, 5.41) is 12.3. The van der Waals surface area contributed by atoms with Crippen LogP contribution in [0.15, 0.2) is 24.3 Å². The van der Waals surface area contributed by atoms with Gasteiger partial charge in [-0.25, -0.2) is 0 Å². The van der Waals surface area contributed by atoms with Crippen LogP contribution in [0.2, 0.25) is 5.02 Å². The zero-order valence-corrected chi connectivity index (χ0v) is 15.8. The molecule has 0 aliphatic heterocycles. The summed E-state index contributed by atoms with van der Waals surface area (Å²) in [6.45, 7) is 6.09. The van der Waals surface area contributed by atoms with E-state index in [0.29, 0.717) is 18.3 Å². The van der Waals surface area contributed by atoms with Gasteiger partial charge in [0, 0.05) is 25.3 Å². The number of benzene rings is 1. The SMILES string of the molecule is COCCCNC(=S)Nc1c(C)nn(Cc2ccccc2Cl)c1C. The summed E-state index contributed by atoms with van der Waals surface area (Å²) in [5.74, 6) is 0. The summed E-state index contributed by atoms with van der Waals surface area (Å²) in [4.78, 5) is 0. The quantitative estimate of drug-likeness (QED) is 0.580. The third-order valence-corrected chi connectivity index (χ3v) is 4.32. The van der Waals surface area contributed by atoms with Crippen LogP contribution in [-0.2, 0) is 11.3 Å². The predicted molar refractivity (Wildman–Crippen MR) is 103 cm³/mol. The van der Waals surface area contributed by atoms with Crippen molar-refractivity contribution in [2.75, 3.05) is 25.6 Å². The van der Waals surface area contributed by atoms with Crippen LogP contribution in [0, 0.1) is 13.8 Å². The minimum Gasteiger partial charge on any atom is -0.385 e. The molecule has 1 aromatic carbocycles. The van der Waals surface area contributed by atoms with E-state index in [1.54, 1.807) is 7.11 Å². The molecule has 2 aromatic rings. The Morgan fingerprint density at radius 1 is 1.33 bits per heavy atom. The molecular formula is C17H23ClN4OS. The van der Waals surface area contributed by atoms with Crippen LogP contribution >= 0.6 is 23.8 Å². The van der Waals surface area contributed by atoms with E-state index in [1.807, 2.05) is 42.8 Å². The minimum atomic E-state index is 0.592. The summed E-state index contributed by atoms with van der Waals surface area (Å²) in [6, 6.07) is 7.80. The Bertz CT molecular complexity index is 702.